The third kappa shape index (κ3) is 3.53. The first kappa shape index (κ1) is 14.0. The summed E-state index contributed by atoms with van der Waals surface area (Å²) >= 11 is 0. The van der Waals surface area contributed by atoms with Gasteiger partial charge in [-0.1, -0.05) is 19.4 Å². The minimum Gasteiger partial charge on any atom is -0.338 e. The van der Waals surface area contributed by atoms with Crippen molar-refractivity contribution in [2.24, 2.45) is 11.7 Å². The fourth-order valence-electron chi connectivity index (χ4n) is 2.84. The maximum absolute atomic E-state index is 12.4. The van der Waals surface area contributed by atoms with Gasteiger partial charge in [-0.2, -0.15) is 0 Å². The number of piperidine rings is 1. The lowest BCUT2D eigenvalue weighted by atomic mass is 9.88. The SMILES string of the molecule is CCC1CCN(C(=O)Cc2cccnc2)C(CN)C1. The lowest BCUT2D eigenvalue weighted by Gasteiger charge is -2.39. The zero-order chi connectivity index (χ0) is 13.7. The molecule has 2 atom stereocenters. The topological polar surface area (TPSA) is 59.2 Å². The van der Waals surface area contributed by atoms with Crippen LogP contribution in [-0.4, -0.2) is 34.9 Å². The maximum Gasteiger partial charge on any atom is 0.227 e. The predicted octanol–water partition coefficient (Wildman–Crippen LogP) is 1.60. The largest absolute Gasteiger partial charge is 0.338 e. The van der Waals surface area contributed by atoms with Crippen LogP contribution in [0.2, 0.25) is 0 Å². The van der Waals surface area contributed by atoms with E-state index in [9.17, 15) is 4.79 Å². The van der Waals surface area contributed by atoms with Crippen LogP contribution in [-0.2, 0) is 11.2 Å². The van der Waals surface area contributed by atoms with Crippen molar-refractivity contribution < 1.29 is 4.79 Å². The van der Waals surface area contributed by atoms with E-state index < -0.39 is 0 Å². The Morgan fingerprint density at radius 2 is 2.42 bits per heavy atom. The van der Waals surface area contributed by atoms with Crippen LogP contribution in [0.25, 0.3) is 0 Å². The molecule has 4 heteroatoms. The third-order valence-corrected chi connectivity index (χ3v) is 4.07. The highest BCUT2D eigenvalue weighted by atomic mass is 16.2. The maximum atomic E-state index is 12.4. The van der Waals surface area contributed by atoms with Crippen molar-refractivity contribution in [3.05, 3.63) is 30.1 Å². The Bertz CT molecular complexity index is 407. The molecule has 104 valence electrons. The number of hydrogen-bond acceptors (Lipinski definition) is 3. The van der Waals surface area contributed by atoms with Gasteiger partial charge in [0.25, 0.3) is 0 Å². The molecule has 1 aliphatic heterocycles. The molecule has 0 spiro atoms. The van der Waals surface area contributed by atoms with Crippen LogP contribution >= 0.6 is 0 Å². The highest BCUT2D eigenvalue weighted by Crippen LogP contribution is 2.25. The average Bonchev–Trinajstić information content (AvgIpc) is 2.47. The van der Waals surface area contributed by atoms with Gasteiger partial charge in [-0.05, 0) is 30.4 Å². The molecule has 1 aliphatic rings. The second-order valence-corrected chi connectivity index (χ2v) is 5.31. The van der Waals surface area contributed by atoms with Crippen molar-refractivity contribution in [2.75, 3.05) is 13.1 Å². The fraction of sp³-hybridized carbons (Fsp3) is 0.600. The van der Waals surface area contributed by atoms with Crippen LogP contribution < -0.4 is 5.73 Å². The standard InChI is InChI=1S/C15H23N3O/c1-2-12-5-7-18(14(8-12)10-16)15(19)9-13-4-3-6-17-11-13/h3-4,6,11-12,14H,2,5,7-10,16H2,1H3. The molecule has 0 aliphatic carbocycles. The zero-order valence-electron chi connectivity index (χ0n) is 11.6. The molecule has 1 fully saturated rings. The quantitative estimate of drug-likeness (QED) is 0.895. The van der Waals surface area contributed by atoms with Crippen LogP contribution in [0.5, 0.6) is 0 Å². The second-order valence-electron chi connectivity index (χ2n) is 5.31. The summed E-state index contributed by atoms with van der Waals surface area (Å²) in [4.78, 5) is 18.4. The first-order valence-electron chi connectivity index (χ1n) is 7.13. The zero-order valence-corrected chi connectivity index (χ0v) is 11.6. The van der Waals surface area contributed by atoms with Crippen LogP contribution in [0.15, 0.2) is 24.5 Å². The Morgan fingerprint density at radius 3 is 3.05 bits per heavy atom. The molecule has 19 heavy (non-hydrogen) atoms. The molecule has 4 nitrogen and oxygen atoms in total. The second kappa shape index (κ2) is 6.66. The molecular formula is C15H23N3O. The number of pyridine rings is 1. The van der Waals surface area contributed by atoms with E-state index in [2.05, 4.69) is 11.9 Å². The average molecular weight is 261 g/mol. The molecule has 0 saturated carbocycles. The van der Waals surface area contributed by atoms with Crippen LogP contribution in [0.3, 0.4) is 0 Å². The number of aromatic nitrogens is 1. The molecule has 0 radical (unpaired) electrons. The van der Waals surface area contributed by atoms with E-state index in [1.165, 1.54) is 6.42 Å². The normalized spacial score (nSPS) is 23.4. The van der Waals surface area contributed by atoms with Crippen molar-refractivity contribution in [1.29, 1.82) is 0 Å². The first-order valence-corrected chi connectivity index (χ1v) is 7.13. The van der Waals surface area contributed by atoms with Gasteiger partial charge in [0.05, 0.1) is 6.42 Å². The highest BCUT2D eigenvalue weighted by Gasteiger charge is 2.29. The Labute approximate surface area is 115 Å². The molecule has 1 aromatic rings. The summed E-state index contributed by atoms with van der Waals surface area (Å²) in [6.45, 7) is 3.63. The van der Waals surface area contributed by atoms with Crippen molar-refractivity contribution in [1.82, 2.24) is 9.88 Å². The van der Waals surface area contributed by atoms with Gasteiger partial charge in [-0.3, -0.25) is 9.78 Å². The van der Waals surface area contributed by atoms with E-state index in [1.807, 2.05) is 17.0 Å². The molecule has 2 N–H and O–H groups in total. The lowest BCUT2D eigenvalue weighted by molar-refractivity contribution is -0.134. The Kier molecular flexibility index (Phi) is 4.91. The number of rotatable bonds is 4. The molecule has 1 saturated heterocycles. The summed E-state index contributed by atoms with van der Waals surface area (Å²) in [6.07, 6.45) is 7.25. The van der Waals surface area contributed by atoms with Gasteiger partial charge in [0, 0.05) is 31.5 Å². The molecule has 2 heterocycles. The van der Waals surface area contributed by atoms with Crippen LogP contribution in [0.4, 0.5) is 0 Å². The molecule has 2 unspecified atom stereocenters. The Hall–Kier alpha value is -1.42. The van der Waals surface area contributed by atoms with E-state index in [4.69, 9.17) is 5.73 Å². The van der Waals surface area contributed by atoms with E-state index in [0.29, 0.717) is 13.0 Å². The summed E-state index contributed by atoms with van der Waals surface area (Å²) in [7, 11) is 0. The smallest absolute Gasteiger partial charge is 0.227 e. The molecule has 2 rings (SSSR count). The fourth-order valence-corrected chi connectivity index (χ4v) is 2.84. The van der Waals surface area contributed by atoms with E-state index in [-0.39, 0.29) is 11.9 Å². The number of carbonyl (C=O) groups excluding carboxylic acids is 1. The van der Waals surface area contributed by atoms with Crippen LogP contribution in [0, 0.1) is 5.92 Å². The number of hydrogen-bond donors (Lipinski definition) is 1. The minimum atomic E-state index is 0.179. The first-order chi connectivity index (χ1) is 9.24. The summed E-state index contributed by atoms with van der Waals surface area (Å²) in [6, 6.07) is 4.02. The monoisotopic (exact) mass is 261 g/mol. The van der Waals surface area contributed by atoms with Crippen molar-refractivity contribution in [2.45, 2.75) is 38.6 Å². The molecule has 0 aromatic carbocycles. The number of nitrogens with zero attached hydrogens (tertiary/aromatic N) is 2. The summed E-state index contributed by atoms with van der Waals surface area (Å²) in [5.74, 6) is 0.897. The number of nitrogens with two attached hydrogens (primary N) is 1. The van der Waals surface area contributed by atoms with Gasteiger partial charge in [0.1, 0.15) is 0 Å². The van der Waals surface area contributed by atoms with E-state index in [0.717, 1.165) is 30.9 Å². The number of carbonyl (C=O) groups is 1. The molecule has 1 amide bonds. The highest BCUT2D eigenvalue weighted by molar-refractivity contribution is 5.79. The molecule has 1 aromatic heterocycles. The van der Waals surface area contributed by atoms with Crippen molar-refractivity contribution in [3.8, 4) is 0 Å². The van der Waals surface area contributed by atoms with E-state index in [1.54, 1.807) is 12.4 Å². The van der Waals surface area contributed by atoms with Crippen molar-refractivity contribution >= 4 is 5.91 Å². The molecular weight excluding hydrogens is 238 g/mol. The van der Waals surface area contributed by atoms with Gasteiger partial charge in [-0.15, -0.1) is 0 Å². The van der Waals surface area contributed by atoms with E-state index >= 15 is 0 Å². The predicted molar refractivity (Wildman–Crippen MR) is 75.5 cm³/mol. The Morgan fingerprint density at radius 1 is 1.58 bits per heavy atom. The number of likely N-dealkylation sites (tertiary alicyclic amines) is 1. The van der Waals surface area contributed by atoms with Crippen LogP contribution in [0.1, 0.15) is 31.7 Å². The minimum absolute atomic E-state index is 0.179. The molecule has 0 bridgehead atoms. The number of amides is 1. The van der Waals surface area contributed by atoms with Gasteiger partial charge >= 0.3 is 0 Å². The lowest BCUT2D eigenvalue weighted by Crippen LogP contribution is -2.50. The summed E-state index contributed by atoms with van der Waals surface area (Å²) in [5.41, 5.74) is 6.81. The van der Waals surface area contributed by atoms with Crippen molar-refractivity contribution in [3.63, 3.8) is 0 Å². The van der Waals surface area contributed by atoms with Gasteiger partial charge in [0.2, 0.25) is 5.91 Å². The van der Waals surface area contributed by atoms with Gasteiger partial charge in [0.15, 0.2) is 0 Å². The Balaban J connectivity index is 1.98. The summed E-state index contributed by atoms with van der Waals surface area (Å²) < 4.78 is 0. The van der Waals surface area contributed by atoms with Gasteiger partial charge < -0.3 is 10.6 Å². The third-order valence-electron chi connectivity index (χ3n) is 4.07. The van der Waals surface area contributed by atoms with Gasteiger partial charge in [-0.25, -0.2) is 0 Å². The summed E-state index contributed by atoms with van der Waals surface area (Å²) in [5, 5.41) is 0.